The Bertz CT molecular complexity index is 1750. The summed E-state index contributed by atoms with van der Waals surface area (Å²) in [6, 6.07) is 41.2. The van der Waals surface area contributed by atoms with E-state index in [0.717, 1.165) is 50.8 Å². The highest BCUT2D eigenvalue weighted by molar-refractivity contribution is 6.30. The van der Waals surface area contributed by atoms with Crippen LogP contribution in [0.1, 0.15) is 22.9 Å². The zero-order valence-corrected chi connectivity index (χ0v) is 21.2. The van der Waals surface area contributed by atoms with E-state index in [0.29, 0.717) is 5.02 Å². The molecule has 0 amide bonds. The highest BCUT2D eigenvalue weighted by atomic mass is 35.5. The van der Waals surface area contributed by atoms with E-state index < -0.39 is 0 Å². The number of hydrogen-bond donors (Lipinski definition) is 0. The topological polar surface area (TPSA) is 34.6 Å². The third kappa shape index (κ3) is 3.78. The number of aromatic nitrogens is 4. The SMILES string of the molecule is Clc1ccc(C(c2nc(-c3ccccc3)n3ccccc23)c2nc(-c3ccccc3)n3ccccc23)cc1. The van der Waals surface area contributed by atoms with Crippen LogP contribution in [0, 0.1) is 0 Å². The van der Waals surface area contributed by atoms with Crippen LogP contribution in [-0.2, 0) is 0 Å². The Labute approximate surface area is 225 Å². The molecule has 7 rings (SSSR count). The number of nitrogens with zero attached hydrogens (tertiary/aromatic N) is 4. The molecule has 4 nitrogen and oxygen atoms in total. The van der Waals surface area contributed by atoms with Gasteiger partial charge in [-0.25, -0.2) is 9.97 Å². The van der Waals surface area contributed by atoms with E-state index in [1.807, 2.05) is 60.7 Å². The largest absolute Gasteiger partial charge is 0.299 e. The molecule has 0 N–H and O–H groups in total. The molecule has 0 radical (unpaired) electrons. The number of benzene rings is 3. The van der Waals surface area contributed by atoms with Crippen molar-refractivity contribution in [3.8, 4) is 22.8 Å². The molecule has 182 valence electrons. The molecule has 0 aliphatic heterocycles. The molecule has 0 bridgehead atoms. The number of halogens is 1. The number of rotatable bonds is 5. The predicted octanol–water partition coefficient (Wildman–Crippen LogP) is 8.15. The molecule has 7 aromatic rings. The van der Waals surface area contributed by atoms with E-state index in [4.69, 9.17) is 21.6 Å². The van der Waals surface area contributed by atoms with E-state index in [9.17, 15) is 0 Å². The third-order valence-electron chi connectivity index (χ3n) is 6.97. The Kier molecular flexibility index (Phi) is 5.53. The Balaban J connectivity index is 1.54. The zero-order valence-electron chi connectivity index (χ0n) is 20.4. The van der Waals surface area contributed by atoms with Crippen LogP contribution in [0.4, 0.5) is 0 Å². The van der Waals surface area contributed by atoms with Gasteiger partial charge in [0.1, 0.15) is 11.6 Å². The summed E-state index contributed by atoms with van der Waals surface area (Å²) in [4.78, 5) is 10.6. The third-order valence-corrected chi connectivity index (χ3v) is 7.22. The summed E-state index contributed by atoms with van der Waals surface area (Å²) in [5, 5.41) is 0.701. The summed E-state index contributed by atoms with van der Waals surface area (Å²) in [6.45, 7) is 0. The van der Waals surface area contributed by atoms with Gasteiger partial charge in [-0.3, -0.25) is 8.80 Å². The molecule has 0 spiro atoms. The van der Waals surface area contributed by atoms with Crippen molar-refractivity contribution in [3.05, 3.63) is 156 Å². The molecule has 4 aromatic heterocycles. The van der Waals surface area contributed by atoms with Gasteiger partial charge in [-0.2, -0.15) is 0 Å². The summed E-state index contributed by atoms with van der Waals surface area (Å²) in [6.07, 6.45) is 4.15. The van der Waals surface area contributed by atoms with E-state index in [-0.39, 0.29) is 5.92 Å². The Morgan fingerprint density at radius 3 is 1.42 bits per heavy atom. The second kappa shape index (κ2) is 9.33. The lowest BCUT2D eigenvalue weighted by Crippen LogP contribution is -2.06. The van der Waals surface area contributed by atoms with Crippen LogP contribution in [0.5, 0.6) is 0 Å². The van der Waals surface area contributed by atoms with Gasteiger partial charge in [0, 0.05) is 28.5 Å². The summed E-state index contributed by atoms with van der Waals surface area (Å²) in [5.41, 5.74) is 7.21. The van der Waals surface area contributed by atoms with Gasteiger partial charge in [-0.15, -0.1) is 0 Å². The lowest BCUT2D eigenvalue weighted by molar-refractivity contribution is 0.916. The van der Waals surface area contributed by atoms with Crippen molar-refractivity contribution in [1.29, 1.82) is 0 Å². The number of hydrogen-bond acceptors (Lipinski definition) is 2. The zero-order chi connectivity index (χ0) is 25.5. The Morgan fingerprint density at radius 2 is 0.947 bits per heavy atom. The minimum atomic E-state index is -0.211. The fourth-order valence-corrected chi connectivity index (χ4v) is 5.36. The van der Waals surface area contributed by atoms with Gasteiger partial charge in [0.15, 0.2) is 0 Å². The summed E-state index contributed by atoms with van der Waals surface area (Å²) in [7, 11) is 0. The minimum Gasteiger partial charge on any atom is -0.299 e. The van der Waals surface area contributed by atoms with Gasteiger partial charge in [0.2, 0.25) is 0 Å². The van der Waals surface area contributed by atoms with Crippen molar-refractivity contribution < 1.29 is 0 Å². The van der Waals surface area contributed by atoms with Crippen LogP contribution in [0.15, 0.2) is 134 Å². The standard InChI is InChI=1S/C33H23ClN4/c34-26-19-17-23(18-20-26)29(30-27-15-7-9-21-37(27)32(35-30)24-11-3-1-4-12-24)31-28-16-8-10-22-38(28)33(36-31)25-13-5-2-6-14-25/h1-22,29H. The van der Waals surface area contributed by atoms with Crippen LogP contribution in [0.3, 0.4) is 0 Å². The lowest BCUT2D eigenvalue weighted by atomic mass is 9.91. The minimum absolute atomic E-state index is 0.211. The summed E-state index contributed by atoms with van der Waals surface area (Å²) >= 11 is 6.33. The van der Waals surface area contributed by atoms with Crippen molar-refractivity contribution in [2.24, 2.45) is 0 Å². The van der Waals surface area contributed by atoms with Gasteiger partial charge in [0.05, 0.1) is 28.3 Å². The molecule has 0 unspecified atom stereocenters. The van der Waals surface area contributed by atoms with Gasteiger partial charge < -0.3 is 0 Å². The molecule has 0 aliphatic rings. The fraction of sp³-hybridized carbons (Fsp3) is 0.0303. The first kappa shape index (κ1) is 22.5. The highest BCUT2D eigenvalue weighted by Gasteiger charge is 2.29. The average molecular weight is 511 g/mol. The molecule has 0 saturated heterocycles. The first-order valence-corrected chi connectivity index (χ1v) is 13.0. The second-order valence-electron chi connectivity index (χ2n) is 9.27. The molecule has 38 heavy (non-hydrogen) atoms. The maximum atomic E-state index is 6.33. The van der Waals surface area contributed by atoms with Crippen LogP contribution < -0.4 is 0 Å². The van der Waals surface area contributed by atoms with Crippen LogP contribution >= 0.6 is 11.6 Å². The normalized spacial score (nSPS) is 11.5. The van der Waals surface area contributed by atoms with Crippen molar-refractivity contribution >= 4 is 22.6 Å². The summed E-state index contributed by atoms with van der Waals surface area (Å²) in [5.74, 6) is 1.60. The lowest BCUT2D eigenvalue weighted by Gasteiger charge is -2.15. The summed E-state index contributed by atoms with van der Waals surface area (Å²) < 4.78 is 4.34. The van der Waals surface area contributed by atoms with Crippen molar-refractivity contribution in [1.82, 2.24) is 18.8 Å². The van der Waals surface area contributed by atoms with Crippen LogP contribution in [-0.4, -0.2) is 18.8 Å². The predicted molar refractivity (Wildman–Crippen MR) is 154 cm³/mol. The molecular weight excluding hydrogens is 488 g/mol. The van der Waals surface area contributed by atoms with Crippen molar-refractivity contribution in [3.63, 3.8) is 0 Å². The number of fused-ring (bicyclic) bond motifs is 2. The maximum absolute atomic E-state index is 6.33. The maximum Gasteiger partial charge on any atom is 0.144 e. The van der Waals surface area contributed by atoms with E-state index >= 15 is 0 Å². The molecule has 4 heterocycles. The molecule has 0 saturated carbocycles. The fourth-order valence-electron chi connectivity index (χ4n) is 5.23. The Morgan fingerprint density at radius 1 is 0.500 bits per heavy atom. The molecule has 0 atom stereocenters. The first-order chi connectivity index (χ1) is 18.8. The number of pyridine rings is 2. The molecular formula is C33H23ClN4. The van der Waals surface area contributed by atoms with Gasteiger partial charge in [-0.1, -0.05) is 96.5 Å². The van der Waals surface area contributed by atoms with E-state index in [1.54, 1.807) is 0 Å². The Hall–Kier alpha value is -4.67. The monoisotopic (exact) mass is 510 g/mol. The van der Waals surface area contributed by atoms with Crippen LogP contribution in [0.25, 0.3) is 33.8 Å². The highest BCUT2D eigenvalue weighted by Crippen LogP contribution is 2.39. The van der Waals surface area contributed by atoms with Gasteiger partial charge in [-0.05, 0) is 42.0 Å². The molecule has 3 aromatic carbocycles. The van der Waals surface area contributed by atoms with Crippen molar-refractivity contribution in [2.75, 3.05) is 0 Å². The molecule has 0 fully saturated rings. The first-order valence-electron chi connectivity index (χ1n) is 12.6. The molecule has 0 aliphatic carbocycles. The smallest absolute Gasteiger partial charge is 0.144 e. The average Bonchev–Trinajstić information content (AvgIpc) is 3.55. The van der Waals surface area contributed by atoms with E-state index in [2.05, 4.69) is 81.9 Å². The quantitative estimate of drug-likeness (QED) is 0.234. The van der Waals surface area contributed by atoms with E-state index in [1.165, 1.54) is 0 Å². The van der Waals surface area contributed by atoms with Crippen LogP contribution in [0.2, 0.25) is 5.02 Å². The number of imidazole rings is 2. The molecule has 5 heteroatoms. The second-order valence-corrected chi connectivity index (χ2v) is 9.71. The van der Waals surface area contributed by atoms with Gasteiger partial charge >= 0.3 is 0 Å². The van der Waals surface area contributed by atoms with Gasteiger partial charge in [0.25, 0.3) is 0 Å². The van der Waals surface area contributed by atoms with Crippen molar-refractivity contribution in [2.45, 2.75) is 5.92 Å².